The van der Waals surface area contributed by atoms with Crippen molar-refractivity contribution in [2.24, 2.45) is 0 Å². The third-order valence-electron chi connectivity index (χ3n) is 3.60. The van der Waals surface area contributed by atoms with Crippen LogP contribution < -0.4 is 10.6 Å². The van der Waals surface area contributed by atoms with Crippen molar-refractivity contribution >= 4 is 42.1 Å². The van der Waals surface area contributed by atoms with E-state index in [2.05, 4.69) is 32.5 Å². The second-order valence-corrected chi connectivity index (χ2v) is 5.95. The van der Waals surface area contributed by atoms with Crippen LogP contribution in [-0.2, 0) is 0 Å². The summed E-state index contributed by atoms with van der Waals surface area (Å²) in [5.74, 6) is -0.123. The fourth-order valence-corrected chi connectivity index (χ4v) is 3.15. The quantitative estimate of drug-likeness (QED) is 0.860. The summed E-state index contributed by atoms with van der Waals surface area (Å²) in [6.45, 7) is 3.11. The van der Waals surface area contributed by atoms with Crippen LogP contribution in [0.1, 0.15) is 30.3 Å². The fraction of sp³-hybridized carbons (Fsp3) is 0.429. The van der Waals surface area contributed by atoms with Gasteiger partial charge in [0.1, 0.15) is 16.4 Å². The molecular weight excluding hydrogens is 357 g/mol. The second kappa shape index (κ2) is 9.12. The van der Waals surface area contributed by atoms with E-state index in [9.17, 15) is 4.79 Å². The van der Waals surface area contributed by atoms with Crippen LogP contribution in [-0.4, -0.2) is 39.5 Å². The molecule has 2 unspecified atom stereocenters. The van der Waals surface area contributed by atoms with E-state index in [4.69, 9.17) is 0 Å². The molecule has 0 aromatic carbocycles. The maximum absolute atomic E-state index is 12.3. The minimum atomic E-state index is -0.123. The largest absolute Gasteiger partial charge is 0.346 e. The van der Waals surface area contributed by atoms with Gasteiger partial charge in [-0.3, -0.25) is 14.8 Å². The number of thiazole rings is 1. The van der Waals surface area contributed by atoms with E-state index in [0.29, 0.717) is 22.4 Å². The molecule has 0 spiro atoms. The van der Waals surface area contributed by atoms with Gasteiger partial charge in [0, 0.05) is 29.9 Å². The maximum Gasteiger partial charge on any atom is 0.271 e. The molecule has 1 saturated heterocycles. The first kappa shape index (κ1) is 19.8. The van der Waals surface area contributed by atoms with Crippen LogP contribution in [0.4, 0.5) is 0 Å². The number of hydrogen-bond donors (Lipinski definition) is 2. The molecule has 0 bridgehead atoms. The normalized spacial score (nSPS) is 20.0. The number of nitrogens with one attached hydrogen (secondary N) is 2. The van der Waals surface area contributed by atoms with Crippen molar-refractivity contribution in [3.63, 3.8) is 0 Å². The van der Waals surface area contributed by atoms with Gasteiger partial charge in [-0.25, -0.2) is 4.98 Å². The molecule has 3 rings (SSSR count). The lowest BCUT2D eigenvalue weighted by atomic mass is 10.00. The van der Waals surface area contributed by atoms with Crippen molar-refractivity contribution < 1.29 is 4.79 Å². The van der Waals surface area contributed by atoms with Gasteiger partial charge in [0.2, 0.25) is 0 Å². The summed E-state index contributed by atoms with van der Waals surface area (Å²) in [6.07, 6.45) is 6.96. The number of nitrogens with zero attached hydrogens (tertiary/aromatic N) is 3. The highest BCUT2D eigenvalue weighted by atomic mass is 35.5. The predicted molar refractivity (Wildman–Crippen MR) is 95.6 cm³/mol. The molecule has 6 nitrogen and oxygen atoms in total. The number of piperidine rings is 1. The van der Waals surface area contributed by atoms with E-state index < -0.39 is 0 Å². The minimum absolute atomic E-state index is 0. The molecule has 0 aliphatic carbocycles. The van der Waals surface area contributed by atoms with Gasteiger partial charge in [-0.05, 0) is 26.3 Å². The SMILES string of the molecule is CC1NCCCC1NC(=O)c1csc(-c2cnccn2)n1.Cl.Cl. The Kier molecular flexibility index (Phi) is 7.84. The Morgan fingerprint density at radius 3 is 2.91 bits per heavy atom. The molecule has 0 saturated carbocycles. The molecule has 1 aliphatic heterocycles. The van der Waals surface area contributed by atoms with Crippen LogP contribution >= 0.6 is 36.2 Å². The lowest BCUT2D eigenvalue weighted by molar-refractivity contribution is 0.0915. The van der Waals surface area contributed by atoms with Crippen LogP contribution in [0.15, 0.2) is 24.0 Å². The smallest absolute Gasteiger partial charge is 0.271 e. The zero-order chi connectivity index (χ0) is 14.7. The van der Waals surface area contributed by atoms with Crippen LogP contribution in [0.5, 0.6) is 0 Å². The molecule has 23 heavy (non-hydrogen) atoms. The molecule has 1 amide bonds. The lowest BCUT2D eigenvalue weighted by Gasteiger charge is -2.30. The van der Waals surface area contributed by atoms with Crippen molar-refractivity contribution in [1.29, 1.82) is 0 Å². The zero-order valence-electron chi connectivity index (χ0n) is 12.6. The Bertz CT molecular complexity index is 625. The van der Waals surface area contributed by atoms with Crippen LogP contribution in [0.2, 0.25) is 0 Å². The van der Waals surface area contributed by atoms with Gasteiger partial charge in [-0.1, -0.05) is 0 Å². The molecule has 2 N–H and O–H groups in total. The van der Waals surface area contributed by atoms with Gasteiger partial charge >= 0.3 is 0 Å². The summed E-state index contributed by atoms with van der Waals surface area (Å²) in [4.78, 5) is 24.8. The van der Waals surface area contributed by atoms with Crippen molar-refractivity contribution in [1.82, 2.24) is 25.6 Å². The fourth-order valence-electron chi connectivity index (χ4n) is 2.39. The van der Waals surface area contributed by atoms with Crippen molar-refractivity contribution in [3.8, 4) is 10.7 Å². The molecule has 9 heteroatoms. The molecule has 0 radical (unpaired) electrons. The lowest BCUT2D eigenvalue weighted by Crippen LogP contribution is -2.51. The first-order chi connectivity index (χ1) is 10.2. The Morgan fingerprint density at radius 2 is 2.22 bits per heavy atom. The van der Waals surface area contributed by atoms with Crippen LogP contribution in [0.3, 0.4) is 0 Å². The van der Waals surface area contributed by atoms with Gasteiger partial charge in [-0.15, -0.1) is 36.2 Å². The number of halogens is 2. The van der Waals surface area contributed by atoms with E-state index in [-0.39, 0.29) is 36.8 Å². The standard InChI is InChI=1S/C14H17N5OS.2ClH/c1-9-10(3-2-4-16-9)18-13(20)12-8-21-14(19-12)11-7-15-5-6-17-11;;/h5-10,16H,2-4H2,1H3,(H,18,20);2*1H. The molecule has 2 aromatic heterocycles. The van der Waals surface area contributed by atoms with Gasteiger partial charge in [0.25, 0.3) is 5.91 Å². The summed E-state index contributed by atoms with van der Waals surface area (Å²) in [7, 11) is 0. The third kappa shape index (κ3) is 4.84. The molecule has 1 aliphatic rings. The molecule has 3 heterocycles. The van der Waals surface area contributed by atoms with Gasteiger partial charge < -0.3 is 10.6 Å². The van der Waals surface area contributed by atoms with Crippen molar-refractivity contribution in [2.75, 3.05) is 6.54 Å². The number of carbonyl (C=O) groups is 1. The highest BCUT2D eigenvalue weighted by Crippen LogP contribution is 2.21. The van der Waals surface area contributed by atoms with Crippen molar-refractivity contribution in [3.05, 3.63) is 29.7 Å². The van der Waals surface area contributed by atoms with Crippen molar-refractivity contribution in [2.45, 2.75) is 31.8 Å². The summed E-state index contributed by atoms with van der Waals surface area (Å²) in [6, 6.07) is 0.453. The Balaban J connectivity index is 0.00000132. The summed E-state index contributed by atoms with van der Waals surface area (Å²) in [5.41, 5.74) is 1.13. The van der Waals surface area contributed by atoms with Crippen LogP contribution in [0, 0.1) is 0 Å². The van der Waals surface area contributed by atoms with Gasteiger partial charge in [0.05, 0.1) is 6.20 Å². The van der Waals surface area contributed by atoms with E-state index >= 15 is 0 Å². The molecular formula is C14H19Cl2N5OS. The summed E-state index contributed by atoms with van der Waals surface area (Å²) >= 11 is 1.40. The van der Waals surface area contributed by atoms with E-state index in [0.717, 1.165) is 19.4 Å². The third-order valence-corrected chi connectivity index (χ3v) is 4.46. The number of hydrogen-bond acceptors (Lipinski definition) is 6. The van der Waals surface area contributed by atoms with E-state index in [1.165, 1.54) is 11.3 Å². The molecule has 2 atom stereocenters. The Morgan fingerprint density at radius 1 is 1.39 bits per heavy atom. The number of amides is 1. The topological polar surface area (TPSA) is 79.8 Å². The molecule has 1 fully saturated rings. The first-order valence-corrected chi connectivity index (χ1v) is 7.88. The van der Waals surface area contributed by atoms with Gasteiger partial charge in [-0.2, -0.15) is 0 Å². The summed E-state index contributed by atoms with van der Waals surface area (Å²) in [5, 5.41) is 8.90. The second-order valence-electron chi connectivity index (χ2n) is 5.09. The summed E-state index contributed by atoms with van der Waals surface area (Å²) < 4.78 is 0. The zero-order valence-corrected chi connectivity index (χ0v) is 15.0. The maximum atomic E-state index is 12.3. The van der Waals surface area contributed by atoms with E-state index in [1.54, 1.807) is 24.0 Å². The monoisotopic (exact) mass is 375 g/mol. The van der Waals surface area contributed by atoms with E-state index in [1.807, 2.05) is 0 Å². The number of carbonyl (C=O) groups excluding carboxylic acids is 1. The van der Waals surface area contributed by atoms with Gasteiger partial charge in [0.15, 0.2) is 0 Å². The Hall–Kier alpha value is -1.28. The average Bonchev–Trinajstić information content (AvgIpc) is 3.00. The minimum Gasteiger partial charge on any atom is -0.346 e. The van der Waals surface area contributed by atoms with Crippen LogP contribution in [0.25, 0.3) is 10.7 Å². The predicted octanol–water partition coefficient (Wildman–Crippen LogP) is 2.31. The highest BCUT2D eigenvalue weighted by Gasteiger charge is 2.23. The number of aromatic nitrogens is 3. The Labute approximate surface area is 151 Å². The average molecular weight is 376 g/mol. The first-order valence-electron chi connectivity index (χ1n) is 7.00. The highest BCUT2D eigenvalue weighted by molar-refractivity contribution is 7.13. The number of rotatable bonds is 3. The molecule has 126 valence electrons. The molecule has 2 aromatic rings.